The fraction of sp³-hybridized carbons (Fsp3) is 0.562. The lowest BCUT2D eigenvalue weighted by Crippen LogP contribution is -2.44. The molecule has 0 radical (unpaired) electrons. The van der Waals surface area contributed by atoms with Crippen LogP contribution in [0.25, 0.3) is 0 Å². The van der Waals surface area contributed by atoms with Crippen LogP contribution < -0.4 is 11.1 Å². The maximum Gasteiger partial charge on any atom is 0.250 e. The van der Waals surface area contributed by atoms with Crippen molar-refractivity contribution in [3.8, 4) is 0 Å². The summed E-state index contributed by atoms with van der Waals surface area (Å²) in [5.41, 5.74) is 7.52. The molecule has 0 heterocycles. The topological polar surface area (TPSA) is 64.3 Å². The van der Waals surface area contributed by atoms with E-state index in [1.165, 1.54) is 12.0 Å². The number of ether oxygens (including phenoxy) is 1. The molecule has 1 aromatic rings. The Bertz CT molecular complexity index is 436. The predicted octanol–water partition coefficient (Wildman–Crippen LogP) is 2.61. The maximum absolute atomic E-state index is 11.9. The van der Waals surface area contributed by atoms with Crippen molar-refractivity contribution in [1.29, 1.82) is 0 Å². The fourth-order valence-electron chi connectivity index (χ4n) is 2.66. The Hall–Kier alpha value is -1.39. The Morgan fingerprint density at radius 2 is 1.90 bits per heavy atom. The van der Waals surface area contributed by atoms with Crippen LogP contribution >= 0.6 is 0 Å². The Labute approximate surface area is 120 Å². The van der Waals surface area contributed by atoms with Crippen molar-refractivity contribution in [2.75, 3.05) is 18.5 Å². The zero-order chi connectivity index (χ0) is 14.4. The molecule has 1 aliphatic rings. The van der Waals surface area contributed by atoms with Crippen LogP contribution in [0.15, 0.2) is 24.3 Å². The number of rotatable bonds is 5. The molecule has 20 heavy (non-hydrogen) atoms. The molecule has 0 bridgehead atoms. The van der Waals surface area contributed by atoms with E-state index in [9.17, 15) is 4.79 Å². The highest BCUT2D eigenvalue weighted by atomic mass is 16.5. The third-order valence-electron chi connectivity index (χ3n) is 3.98. The first-order valence-electron chi connectivity index (χ1n) is 7.34. The van der Waals surface area contributed by atoms with Crippen LogP contribution in [0, 0.1) is 6.92 Å². The SMILES string of the molecule is Cc1ccc(NC(=O)COC2(CN)CCCCC2)cc1. The summed E-state index contributed by atoms with van der Waals surface area (Å²) in [5.74, 6) is -0.118. The largest absolute Gasteiger partial charge is 0.364 e. The molecule has 4 nitrogen and oxygen atoms in total. The summed E-state index contributed by atoms with van der Waals surface area (Å²) in [6.45, 7) is 2.58. The lowest BCUT2D eigenvalue weighted by Gasteiger charge is -2.35. The molecule has 0 unspecified atom stereocenters. The number of anilines is 1. The molecule has 0 aromatic heterocycles. The number of nitrogens with two attached hydrogens (primary N) is 1. The highest BCUT2D eigenvalue weighted by molar-refractivity contribution is 5.91. The molecule has 110 valence electrons. The zero-order valence-corrected chi connectivity index (χ0v) is 12.2. The van der Waals surface area contributed by atoms with Crippen molar-refractivity contribution < 1.29 is 9.53 Å². The normalized spacial score (nSPS) is 17.7. The summed E-state index contributed by atoms with van der Waals surface area (Å²) in [4.78, 5) is 11.9. The number of hydrogen-bond acceptors (Lipinski definition) is 3. The molecule has 0 spiro atoms. The van der Waals surface area contributed by atoms with Crippen LogP contribution in [-0.4, -0.2) is 24.7 Å². The van der Waals surface area contributed by atoms with Gasteiger partial charge < -0.3 is 15.8 Å². The van der Waals surface area contributed by atoms with E-state index in [2.05, 4.69) is 5.32 Å². The highest BCUT2D eigenvalue weighted by Crippen LogP contribution is 2.30. The molecule has 4 heteroatoms. The van der Waals surface area contributed by atoms with Crippen LogP contribution in [0.1, 0.15) is 37.7 Å². The summed E-state index contributed by atoms with van der Waals surface area (Å²) in [5, 5.41) is 2.85. The van der Waals surface area contributed by atoms with Gasteiger partial charge in [0.05, 0.1) is 5.60 Å². The van der Waals surface area contributed by atoms with Gasteiger partial charge in [0, 0.05) is 12.2 Å². The highest BCUT2D eigenvalue weighted by Gasteiger charge is 2.32. The number of nitrogens with one attached hydrogen (secondary N) is 1. The van der Waals surface area contributed by atoms with Crippen molar-refractivity contribution in [3.05, 3.63) is 29.8 Å². The van der Waals surface area contributed by atoms with Gasteiger partial charge in [0.2, 0.25) is 5.91 Å². The van der Waals surface area contributed by atoms with E-state index in [-0.39, 0.29) is 18.1 Å². The smallest absolute Gasteiger partial charge is 0.250 e. The molecule has 0 aliphatic heterocycles. The number of aryl methyl sites for hydroxylation is 1. The first-order chi connectivity index (χ1) is 9.63. The summed E-state index contributed by atoms with van der Waals surface area (Å²) in [6, 6.07) is 7.73. The monoisotopic (exact) mass is 276 g/mol. The molecule has 0 atom stereocenters. The second kappa shape index (κ2) is 6.86. The number of carbonyl (C=O) groups excluding carboxylic acids is 1. The van der Waals surface area contributed by atoms with Crippen molar-refractivity contribution >= 4 is 11.6 Å². The van der Waals surface area contributed by atoms with E-state index in [1.54, 1.807) is 0 Å². The van der Waals surface area contributed by atoms with Gasteiger partial charge in [0.1, 0.15) is 6.61 Å². The van der Waals surface area contributed by atoms with Gasteiger partial charge in [-0.2, -0.15) is 0 Å². The molecule has 1 aliphatic carbocycles. The molecule has 0 saturated heterocycles. The minimum absolute atomic E-state index is 0.0745. The van der Waals surface area contributed by atoms with Crippen LogP contribution in [0.4, 0.5) is 5.69 Å². The van der Waals surface area contributed by atoms with Gasteiger partial charge in [0.25, 0.3) is 0 Å². The predicted molar refractivity (Wildman–Crippen MR) is 80.6 cm³/mol. The standard InChI is InChI=1S/C16H24N2O2/c1-13-5-7-14(8-6-13)18-15(19)11-20-16(12-17)9-3-2-4-10-16/h5-8H,2-4,9-12,17H2,1H3,(H,18,19). The second-order valence-corrected chi connectivity index (χ2v) is 5.65. The van der Waals surface area contributed by atoms with Crippen LogP contribution in [-0.2, 0) is 9.53 Å². The van der Waals surface area contributed by atoms with Gasteiger partial charge in [-0.3, -0.25) is 4.79 Å². The average molecular weight is 276 g/mol. The molecule has 1 saturated carbocycles. The lowest BCUT2D eigenvalue weighted by molar-refractivity contribution is -0.130. The van der Waals surface area contributed by atoms with E-state index < -0.39 is 0 Å². The summed E-state index contributed by atoms with van der Waals surface area (Å²) in [7, 11) is 0. The number of amides is 1. The van der Waals surface area contributed by atoms with Gasteiger partial charge in [0.15, 0.2) is 0 Å². The Balaban J connectivity index is 1.83. The first kappa shape index (κ1) is 15.0. The number of benzene rings is 1. The van der Waals surface area contributed by atoms with Gasteiger partial charge >= 0.3 is 0 Å². The van der Waals surface area contributed by atoms with Gasteiger partial charge in [-0.05, 0) is 31.9 Å². The maximum atomic E-state index is 11.9. The average Bonchev–Trinajstić information content (AvgIpc) is 2.49. The van der Waals surface area contributed by atoms with Crippen molar-refractivity contribution in [1.82, 2.24) is 0 Å². The van der Waals surface area contributed by atoms with E-state index in [0.29, 0.717) is 6.54 Å². The Morgan fingerprint density at radius 1 is 1.25 bits per heavy atom. The van der Waals surface area contributed by atoms with Crippen LogP contribution in [0.3, 0.4) is 0 Å². The molecule has 3 N–H and O–H groups in total. The molecule has 1 fully saturated rings. The Morgan fingerprint density at radius 3 is 2.50 bits per heavy atom. The second-order valence-electron chi connectivity index (χ2n) is 5.65. The minimum atomic E-state index is -0.289. The number of carbonyl (C=O) groups is 1. The van der Waals surface area contributed by atoms with Gasteiger partial charge in [-0.15, -0.1) is 0 Å². The van der Waals surface area contributed by atoms with E-state index >= 15 is 0 Å². The molecular weight excluding hydrogens is 252 g/mol. The quantitative estimate of drug-likeness (QED) is 0.869. The van der Waals surface area contributed by atoms with Crippen LogP contribution in [0.2, 0.25) is 0 Å². The van der Waals surface area contributed by atoms with Gasteiger partial charge in [-0.25, -0.2) is 0 Å². The lowest BCUT2D eigenvalue weighted by atomic mass is 9.85. The molecule has 2 rings (SSSR count). The molecule has 1 aromatic carbocycles. The molecule has 1 amide bonds. The van der Waals surface area contributed by atoms with Crippen molar-refractivity contribution in [2.24, 2.45) is 5.73 Å². The summed E-state index contributed by atoms with van der Waals surface area (Å²) in [6.07, 6.45) is 5.43. The van der Waals surface area contributed by atoms with Gasteiger partial charge in [-0.1, -0.05) is 37.0 Å². The van der Waals surface area contributed by atoms with E-state index in [1.807, 2.05) is 31.2 Å². The molecular formula is C16H24N2O2. The number of hydrogen-bond donors (Lipinski definition) is 2. The summed E-state index contributed by atoms with van der Waals surface area (Å²) >= 11 is 0. The van der Waals surface area contributed by atoms with Crippen molar-refractivity contribution in [2.45, 2.75) is 44.6 Å². The first-order valence-corrected chi connectivity index (χ1v) is 7.34. The fourth-order valence-corrected chi connectivity index (χ4v) is 2.66. The third-order valence-corrected chi connectivity index (χ3v) is 3.98. The Kier molecular flexibility index (Phi) is 5.15. The van der Waals surface area contributed by atoms with E-state index in [0.717, 1.165) is 31.4 Å². The zero-order valence-electron chi connectivity index (χ0n) is 12.2. The van der Waals surface area contributed by atoms with Crippen LogP contribution in [0.5, 0.6) is 0 Å². The third kappa shape index (κ3) is 4.05. The summed E-state index contributed by atoms with van der Waals surface area (Å²) < 4.78 is 5.84. The van der Waals surface area contributed by atoms with Crippen molar-refractivity contribution in [3.63, 3.8) is 0 Å². The van der Waals surface area contributed by atoms with E-state index in [4.69, 9.17) is 10.5 Å². The minimum Gasteiger partial charge on any atom is -0.364 e.